The van der Waals surface area contributed by atoms with Gasteiger partial charge in [0.05, 0.1) is 16.9 Å². The highest BCUT2D eigenvalue weighted by atomic mass is 32.9. The number of nitrogens with one attached hydrogen (secondary N) is 1. The van der Waals surface area contributed by atoms with Crippen molar-refractivity contribution >= 4 is 26.3 Å². The summed E-state index contributed by atoms with van der Waals surface area (Å²) in [6.07, 6.45) is -0.914. The summed E-state index contributed by atoms with van der Waals surface area (Å²) in [4.78, 5) is 3.59. The van der Waals surface area contributed by atoms with Crippen LogP contribution in [-0.2, 0) is 24.4 Å². The van der Waals surface area contributed by atoms with Gasteiger partial charge in [-0.25, -0.2) is 4.99 Å². The van der Waals surface area contributed by atoms with Crippen LogP contribution in [0, 0.1) is 0 Å². The molecule has 0 saturated carbocycles. The minimum Gasteiger partial charge on any atom is -0.396 e. The second kappa shape index (κ2) is 3.57. The van der Waals surface area contributed by atoms with Crippen LogP contribution in [0.3, 0.4) is 0 Å². The first-order chi connectivity index (χ1) is 6.29. The van der Waals surface area contributed by atoms with Gasteiger partial charge in [-0.1, -0.05) is 0 Å². The maximum atomic E-state index is 10.6. The molecule has 0 aliphatic carbocycles. The molecule has 0 fully saturated rings. The summed E-state index contributed by atoms with van der Waals surface area (Å²) in [5.41, 5.74) is 16.3. The Kier molecular flexibility index (Phi) is 2.80. The minimum absolute atomic E-state index is 0.0150. The smallest absolute Gasteiger partial charge is 0.314 e. The van der Waals surface area contributed by atoms with Gasteiger partial charge < -0.3 is 21.4 Å². The van der Waals surface area contributed by atoms with Crippen molar-refractivity contribution in [1.29, 1.82) is 0 Å². The second-order valence-electron chi connectivity index (χ2n) is 2.38. The van der Waals surface area contributed by atoms with Crippen molar-refractivity contribution in [3.05, 3.63) is 11.5 Å². The molecule has 14 heavy (non-hydrogen) atoms. The van der Waals surface area contributed by atoms with Gasteiger partial charge in [0.2, 0.25) is 0 Å². The van der Waals surface area contributed by atoms with Crippen molar-refractivity contribution < 1.29 is 12.9 Å². The molecule has 0 spiro atoms. The average molecular weight is 239 g/mol. The Morgan fingerprint density at radius 1 is 1.64 bits per heavy atom. The number of aliphatic imine (C=N–C) groups is 1. The molecule has 2 unspecified atom stereocenters. The van der Waals surface area contributed by atoms with E-state index in [0.29, 0.717) is 0 Å². The lowest BCUT2D eigenvalue weighted by Gasteiger charge is -2.20. The number of nitrogens with two attached hydrogens (primary N) is 3. The van der Waals surface area contributed by atoms with Crippen molar-refractivity contribution in [2.75, 3.05) is 0 Å². The number of rotatable bonds is 1. The first kappa shape index (κ1) is 11.0. The van der Waals surface area contributed by atoms with E-state index in [-0.39, 0.29) is 17.5 Å². The number of hydrogen-bond donors (Lipinski definition) is 5. The molecule has 1 rings (SSSR count). The summed E-state index contributed by atoms with van der Waals surface area (Å²) in [6.45, 7) is 0. The number of nitrogens with zero attached hydrogens (tertiary/aromatic N) is 1. The Balaban J connectivity index is 2.83. The van der Waals surface area contributed by atoms with Gasteiger partial charge in [-0.3, -0.25) is 9.87 Å². The predicted molar refractivity (Wildman–Crippen MR) is 53.2 cm³/mol. The molecule has 0 aromatic rings. The van der Waals surface area contributed by atoms with Crippen LogP contribution in [0.5, 0.6) is 0 Å². The highest BCUT2D eigenvalue weighted by molar-refractivity contribution is 8.27. The zero-order chi connectivity index (χ0) is 10.9. The van der Waals surface area contributed by atoms with E-state index in [2.05, 4.69) is 25.7 Å². The van der Waals surface area contributed by atoms with E-state index in [4.69, 9.17) is 21.8 Å². The van der Waals surface area contributed by atoms with Crippen LogP contribution in [0.2, 0.25) is 0 Å². The molecule has 0 saturated heterocycles. The van der Waals surface area contributed by atoms with Crippen molar-refractivity contribution in [2.24, 2.45) is 22.2 Å². The van der Waals surface area contributed by atoms with Gasteiger partial charge >= 0.3 is 15.1 Å². The molecule has 80 valence electrons. The fourth-order valence-corrected chi connectivity index (χ4v) is 1.19. The van der Waals surface area contributed by atoms with Crippen LogP contribution in [0.25, 0.3) is 0 Å². The molecule has 1 heterocycles. The SMILES string of the molecule is NC1=C(N)C(N)N=C(OS(=O)(O)=S)N1. The van der Waals surface area contributed by atoms with E-state index >= 15 is 0 Å². The monoisotopic (exact) mass is 239 g/mol. The molecule has 10 heteroatoms. The highest BCUT2D eigenvalue weighted by Crippen LogP contribution is 2.04. The number of amidine groups is 1. The lowest BCUT2D eigenvalue weighted by atomic mass is 10.3. The van der Waals surface area contributed by atoms with Gasteiger partial charge in [0.1, 0.15) is 12.0 Å². The van der Waals surface area contributed by atoms with Gasteiger partial charge in [-0.2, -0.15) is 4.21 Å². The van der Waals surface area contributed by atoms with E-state index in [1.165, 1.54) is 0 Å². The van der Waals surface area contributed by atoms with E-state index in [1.54, 1.807) is 0 Å². The third-order valence-corrected chi connectivity index (χ3v) is 1.88. The Bertz CT molecular complexity index is 399. The second-order valence-corrected chi connectivity index (χ2v) is 4.67. The molecule has 0 aromatic heterocycles. The first-order valence-electron chi connectivity index (χ1n) is 3.32. The Morgan fingerprint density at radius 2 is 2.21 bits per heavy atom. The minimum atomic E-state index is -3.82. The Labute approximate surface area is 84.9 Å². The summed E-state index contributed by atoms with van der Waals surface area (Å²) in [5, 5.41) is 2.33. The largest absolute Gasteiger partial charge is 0.396 e. The van der Waals surface area contributed by atoms with E-state index in [0.717, 1.165) is 0 Å². The lowest BCUT2D eigenvalue weighted by molar-refractivity contribution is 0.435. The molecule has 0 bridgehead atoms. The van der Waals surface area contributed by atoms with Crippen LogP contribution in [0.4, 0.5) is 0 Å². The van der Waals surface area contributed by atoms with Crippen molar-refractivity contribution in [3.8, 4) is 0 Å². The standard InChI is InChI=1S/C4H9N5O3S2/c5-1-2(6)8-4(9-3(1)7)12-14(10,11)13/h2H,5-7H2,(H,8,9)(H,10,11,13). The molecular formula is C4H9N5O3S2. The molecule has 1 aliphatic heterocycles. The summed E-state index contributed by atoms with van der Waals surface area (Å²) in [7, 11) is -3.82. The van der Waals surface area contributed by atoms with Crippen LogP contribution < -0.4 is 22.5 Å². The summed E-state index contributed by atoms with van der Waals surface area (Å²) in [5.74, 6) is 0.0150. The van der Waals surface area contributed by atoms with Crippen molar-refractivity contribution in [1.82, 2.24) is 5.32 Å². The fourth-order valence-electron chi connectivity index (χ4n) is 0.717. The van der Waals surface area contributed by atoms with Gasteiger partial charge in [-0.15, -0.1) is 0 Å². The molecule has 0 radical (unpaired) electrons. The van der Waals surface area contributed by atoms with E-state index in [1.807, 2.05) is 0 Å². The van der Waals surface area contributed by atoms with Crippen LogP contribution in [0.1, 0.15) is 0 Å². The molecule has 8 nitrogen and oxygen atoms in total. The maximum Gasteiger partial charge on any atom is 0.314 e. The van der Waals surface area contributed by atoms with Crippen LogP contribution in [0.15, 0.2) is 16.5 Å². The zero-order valence-corrected chi connectivity index (χ0v) is 8.47. The molecule has 0 aromatic carbocycles. The summed E-state index contributed by atoms with van der Waals surface area (Å²) in [6, 6.07) is -0.327. The van der Waals surface area contributed by atoms with Crippen molar-refractivity contribution in [2.45, 2.75) is 6.17 Å². The lowest BCUT2D eigenvalue weighted by Crippen LogP contribution is -2.43. The molecule has 0 amide bonds. The third kappa shape index (κ3) is 2.70. The molecule has 1 aliphatic rings. The third-order valence-electron chi connectivity index (χ3n) is 1.31. The highest BCUT2D eigenvalue weighted by Gasteiger charge is 2.20. The van der Waals surface area contributed by atoms with Crippen LogP contribution >= 0.6 is 0 Å². The van der Waals surface area contributed by atoms with Crippen LogP contribution in [-0.4, -0.2) is 20.9 Å². The van der Waals surface area contributed by atoms with Gasteiger partial charge in [0.25, 0.3) is 0 Å². The summed E-state index contributed by atoms with van der Waals surface area (Å²) < 4.78 is 23.7. The Morgan fingerprint density at radius 3 is 2.64 bits per heavy atom. The van der Waals surface area contributed by atoms with Gasteiger partial charge in [0.15, 0.2) is 0 Å². The predicted octanol–water partition coefficient (Wildman–Crippen LogP) is -2.53. The average Bonchev–Trinajstić information content (AvgIpc) is 1.96. The normalized spacial score (nSPS) is 26.1. The maximum absolute atomic E-state index is 10.6. The first-order valence-corrected chi connectivity index (χ1v) is 5.68. The van der Waals surface area contributed by atoms with Gasteiger partial charge in [0, 0.05) is 0 Å². The Hall–Kier alpha value is -1.10. The van der Waals surface area contributed by atoms with E-state index in [9.17, 15) is 4.21 Å². The van der Waals surface area contributed by atoms with Crippen molar-refractivity contribution in [3.63, 3.8) is 0 Å². The van der Waals surface area contributed by atoms with Gasteiger partial charge in [-0.05, 0) is 0 Å². The fraction of sp³-hybridized carbons (Fsp3) is 0.250. The molecule has 8 N–H and O–H groups in total. The molecule has 2 atom stereocenters. The topological polar surface area (TPSA) is 149 Å². The number of hydrogen-bond acceptors (Lipinski definition) is 8. The zero-order valence-electron chi connectivity index (χ0n) is 6.84. The quantitative estimate of drug-likeness (QED) is 0.336. The van der Waals surface area contributed by atoms with E-state index < -0.39 is 15.2 Å². The molecular weight excluding hydrogens is 230 g/mol. The summed E-state index contributed by atoms with van der Waals surface area (Å²) >= 11 is 4.08.